The van der Waals surface area contributed by atoms with Crippen molar-refractivity contribution >= 4 is 17.7 Å². The van der Waals surface area contributed by atoms with Crippen molar-refractivity contribution in [3.05, 3.63) is 94.8 Å². The van der Waals surface area contributed by atoms with Gasteiger partial charge >= 0.3 is 0 Å². The van der Waals surface area contributed by atoms with Crippen molar-refractivity contribution < 1.29 is 18.7 Å². The van der Waals surface area contributed by atoms with Crippen LogP contribution in [-0.2, 0) is 11.4 Å². The molecule has 0 fully saturated rings. The summed E-state index contributed by atoms with van der Waals surface area (Å²) in [4.78, 5) is 12.6. The Bertz CT molecular complexity index is 1150. The Kier molecular flexibility index (Phi) is 7.02. The van der Waals surface area contributed by atoms with Crippen LogP contribution in [0.25, 0.3) is 6.08 Å². The minimum absolute atomic E-state index is 0.0821. The lowest BCUT2D eigenvalue weighted by Gasteiger charge is -2.12. The fourth-order valence-electron chi connectivity index (χ4n) is 2.81. The third-order valence-electron chi connectivity index (χ3n) is 4.48. The van der Waals surface area contributed by atoms with E-state index in [9.17, 15) is 14.4 Å². The molecule has 3 aromatic carbocycles. The molecule has 0 saturated carbocycles. The van der Waals surface area contributed by atoms with Crippen LogP contribution in [0.4, 0.5) is 10.1 Å². The number of benzene rings is 3. The zero-order valence-corrected chi connectivity index (χ0v) is 17.2. The SMILES string of the molecule is COc1ccc(/C=C(\C#N)C(=O)Nc2ccc(C)cc2)c(OCc2cccc(F)c2)c1. The fraction of sp³-hybridized carbons (Fsp3) is 0.120. The highest BCUT2D eigenvalue weighted by Crippen LogP contribution is 2.28. The summed E-state index contributed by atoms with van der Waals surface area (Å²) in [5, 5.41) is 12.2. The van der Waals surface area contributed by atoms with Crippen molar-refractivity contribution in [1.29, 1.82) is 5.26 Å². The largest absolute Gasteiger partial charge is 0.497 e. The molecule has 0 saturated heterocycles. The van der Waals surface area contributed by atoms with Gasteiger partial charge in [-0.05, 0) is 55.0 Å². The number of ether oxygens (including phenoxy) is 2. The van der Waals surface area contributed by atoms with E-state index in [4.69, 9.17) is 9.47 Å². The summed E-state index contributed by atoms with van der Waals surface area (Å²) in [6.07, 6.45) is 1.45. The van der Waals surface area contributed by atoms with Gasteiger partial charge in [-0.15, -0.1) is 0 Å². The molecule has 0 bridgehead atoms. The molecular formula is C25H21FN2O3. The fourth-order valence-corrected chi connectivity index (χ4v) is 2.81. The summed E-state index contributed by atoms with van der Waals surface area (Å²) in [6.45, 7) is 2.06. The second-order valence-corrected chi connectivity index (χ2v) is 6.81. The van der Waals surface area contributed by atoms with Gasteiger partial charge < -0.3 is 14.8 Å². The van der Waals surface area contributed by atoms with Gasteiger partial charge in [0.05, 0.1) is 7.11 Å². The zero-order chi connectivity index (χ0) is 22.2. The molecule has 3 rings (SSSR count). The first-order valence-electron chi connectivity index (χ1n) is 9.53. The lowest BCUT2D eigenvalue weighted by atomic mass is 10.1. The molecule has 31 heavy (non-hydrogen) atoms. The Balaban J connectivity index is 1.85. The molecule has 0 spiro atoms. The van der Waals surface area contributed by atoms with Crippen LogP contribution >= 0.6 is 0 Å². The van der Waals surface area contributed by atoms with Crippen LogP contribution in [0.15, 0.2) is 72.3 Å². The maximum Gasteiger partial charge on any atom is 0.266 e. The predicted octanol–water partition coefficient (Wildman–Crippen LogP) is 5.27. The standard InChI is InChI=1S/C25H21FN2O3/c1-17-6-9-22(10-7-17)28-25(29)20(15-27)13-19-8-11-23(30-2)14-24(19)31-16-18-4-3-5-21(26)12-18/h3-14H,16H2,1-2H3,(H,28,29)/b20-13+. The number of methoxy groups -OCH3 is 1. The number of carbonyl (C=O) groups excluding carboxylic acids is 1. The second kappa shape index (κ2) is 10.1. The number of halogens is 1. The van der Waals surface area contributed by atoms with E-state index in [0.717, 1.165) is 5.56 Å². The summed E-state index contributed by atoms with van der Waals surface area (Å²) in [6, 6.07) is 20.3. The van der Waals surface area contributed by atoms with Crippen LogP contribution in [0.2, 0.25) is 0 Å². The van der Waals surface area contributed by atoms with Gasteiger partial charge in [0.2, 0.25) is 0 Å². The Hall–Kier alpha value is -4.11. The number of aryl methyl sites for hydroxylation is 1. The molecule has 5 nitrogen and oxygen atoms in total. The first-order valence-corrected chi connectivity index (χ1v) is 9.53. The molecular weight excluding hydrogens is 395 g/mol. The van der Waals surface area contributed by atoms with Crippen molar-refractivity contribution in [2.24, 2.45) is 0 Å². The van der Waals surface area contributed by atoms with Gasteiger partial charge in [-0.1, -0.05) is 29.8 Å². The monoisotopic (exact) mass is 416 g/mol. The number of nitriles is 1. The van der Waals surface area contributed by atoms with Gasteiger partial charge in [0.15, 0.2) is 0 Å². The quantitative estimate of drug-likeness (QED) is 0.421. The highest BCUT2D eigenvalue weighted by atomic mass is 19.1. The molecule has 1 amide bonds. The smallest absolute Gasteiger partial charge is 0.266 e. The molecule has 0 unspecified atom stereocenters. The molecule has 0 aliphatic heterocycles. The number of hydrogen-bond acceptors (Lipinski definition) is 4. The number of nitrogens with one attached hydrogen (secondary N) is 1. The molecule has 156 valence electrons. The van der Waals surface area contributed by atoms with Gasteiger partial charge in [-0.3, -0.25) is 4.79 Å². The number of carbonyl (C=O) groups is 1. The van der Waals surface area contributed by atoms with Gasteiger partial charge in [0.1, 0.15) is 35.6 Å². The van der Waals surface area contributed by atoms with Gasteiger partial charge in [0, 0.05) is 17.3 Å². The molecule has 1 N–H and O–H groups in total. The number of anilines is 1. The lowest BCUT2D eigenvalue weighted by molar-refractivity contribution is -0.112. The average Bonchev–Trinajstić information content (AvgIpc) is 2.78. The molecule has 0 radical (unpaired) electrons. The topological polar surface area (TPSA) is 71.3 Å². The lowest BCUT2D eigenvalue weighted by Crippen LogP contribution is -2.13. The number of rotatable bonds is 7. The van der Waals surface area contributed by atoms with Crippen LogP contribution in [0.5, 0.6) is 11.5 Å². The van der Waals surface area contributed by atoms with Crippen molar-refractivity contribution in [1.82, 2.24) is 0 Å². The highest BCUT2D eigenvalue weighted by Gasteiger charge is 2.12. The number of hydrogen-bond donors (Lipinski definition) is 1. The highest BCUT2D eigenvalue weighted by molar-refractivity contribution is 6.09. The summed E-state index contributed by atoms with van der Waals surface area (Å²) >= 11 is 0. The predicted molar refractivity (Wildman–Crippen MR) is 117 cm³/mol. The van der Waals surface area contributed by atoms with Crippen LogP contribution in [-0.4, -0.2) is 13.0 Å². The van der Waals surface area contributed by atoms with Crippen molar-refractivity contribution in [2.75, 3.05) is 12.4 Å². The maximum atomic E-state index is 13.4. The van der Waals surface area contributed by atoms with E-state index < -0.39 is 5.91 Å². The summed E-state index contributed by atoms with van der Waals surface area (Å²) < 4.78 is 24.5. The van der Waals surface area contributed by atoms with E-state index in [1.165, 1.54) is 25.3 Å². The van der Waals surface area contributed by atoms with E-state index in [2.05, 4.69) is 5.32 Å². The molecule has 0 aromatic heterocycles. The molecule has 6 heteroatoms. The Morgan fingerprint density at radius 3 is 2.58 bits per heavy atom. The Labute approximate surface area is 180 Å². The minimum atomic E-state index is -0.529. The average molecular weight is 416 g/mol. The van der Waals surface area contributed by atoms with E-state index in [1.807, 2.05) is 25.1 Å². The van der Waals surface area contributed by atoms with Crippen LogP contribution in [0, 0.1) is 24.1 Å². The first-order chi connectivity index (χ1) is 15.0. The van der Waals surface area contributed by atoms with Gasteiger partial charge in [-0.2, -0.15) is 5.26 Å². The molecule has 0 atom stereocenters. The summed E-state index contributed by atoms with van der Waals surface area (Å²) in [5.74, 6) is 0.0677. The molecule has 3 aromatic rings. The summed E-state index contributed by atoms with van der Waals surface area (Å²) in [7, 11) is 1.52. The third kappa shape index (κ3) is 5.94. The molecule has 0 heterocycles. The maximum absolute atomic E-state index is 13.4. The van der Waals surface area contributed by atoms with Crippen LogP contribution in [0.3, 0.4) is 0 Å². The van der Waals surface area contributed by atoms with Crippen molar-refractivity contribution in [3.63, 3.8) is 0 Å². The Morgan fingerprint density at radius 1 is 1.13 bits per heavy atom. The van der Waals surface area contributed by atoms with Crippen molar-refractivity contribution in [2.45, 2.75) is 13.5 Å². The van der Waals surface area contributed by atoms with Crippen LogP contribution in [0.1, 0.15) is 16.7 Å². The molecule has 0 aliphatic rings. The normalized spacial score (nSPS) is 10.8. The van der Waals surface area contributed by atoms with Gasteiger partial charge in [0.25, 0.3) is 5.91 Å². The van der Waals surface area contributed by atoms with Gasteiger partial charge in [-0.25, -0.2) is 4.39 Å². The third-order valence-corrected chi connectivity index (χ3v) is 4.48. The van der Waals surface area contributed by atoms with Crippen molar-refractivity contribution in [3.8, 4) is 17.6 Å². The second-order valence-electron chi connectivity index (χ2n) is 6.81. The van der Waals surface area contributed by atoms with E-state index in [1.54, 1.807) is 42.5 Å². The van der Waals surface area contributed by atoms with E-state index >= 15 is 0 Å². The zero-order valence-electron chi connectivity index (χ0n) is 17.2. The summed E-state index contributed by atoms with van der Waals surface area (Å²) in [5.41, 5.74) is 2.74. The molecule has 0 aliphatic carbocycles. The first kappa shape index (κ1) is 21.6. The van der Waals surface area contributed by atoms with E-state index in [0.29, 0.717) is 28.3 Å². The Morgan fingerprint density at radius 2 is 1.90 bits per heavy atom. The minimum Gasteiger partial charge on any atom is -0.497 e. The van der Waals surface area contributed by atoms with Crippen LogP contribution < -0.4 is 14.8 Å². The van der Waals surface area contributed by atoms with E-state index in [-0.39, 0.29) is 18.0 Å². The number of amides is 1. The number of nitrogens with zero attached hydrogens (tertiary/aromatic N) is 1.